The topological polar surface area (TPSA) is 41.5 Å². The Morgan fingerprint density at radius 2 is 2.14 bits per heavy atom. The molecule has 0 aromatic carbocycles. The van der Waals surface area contributed by atoms with E-state index in [1.807, 2.05) is 14.0 Å². The number of nitrogens with one attached hydrogen (secondary N) is 1. The van der Waals surface area contributed by atoms with Gasteiger partial charge >= 0.3 is 0 Å². The largest absolute Gasteiger partial charge is 0.394 e. The normalized spacial score (nSPS) is 20.8. The minimum Gasteiger partial charge on any atom is -0.394 e. The van der Waals surface area contributed by atoms with Gasteiger partial charge in [0, 0.05) is 18.8 Å². The van der Waals surface area contributed by atoms with Gasteiger partial charge in [0.25, 0.3) is 0 Å². The van der Waals surface area contributed by atoms with E-state index in [0.717, 1.165) is 25.6 Å². The molecule has 0 aliphatic heterocycles. The van der Waals surface area contributed by atoms with Crippen LogP contribution >= 0.6 is 0 Å². The van der Waals surface area contributed by atoms with Gasteiger partial charge in [0.05, 0.1) is 6.61 Å². The van der Waals surface area contributed by atoms with Crippen molar-refractivity contribution in [3.8, 4) is 0 Å². The molecule has 1 atom stereocenters. The van der Waals surface area contributed by atoms with E-state index >= 15 is 0 Å². The fourth-order valence-corrected chi connectivity index (χ4v) is 1.34. The Kier molecular flexibility index (Phi) is 4.85. The summed E-state index contributed by atoms with van der Waals surface area (Å²) in [7, 11) is 1.88. The van der Waals surface area contributed by atoms with Crippen LogP contribution in [0.5, 0.6) is 0 Å². The Morgan fingerprint density at radius 1 is 1.43 bits per heavy atom. The number of aliphatic hydroxyl groups is 1. The van der Waals surface area contributed by atoms with Gasteiger partial charge in [-0.3, -0.25) is 0 Å². The van der Waals surface area contributed by atoms with Crippen LogP contribution in [-0.2, 0) is 4.74 Å². The maximum atomic E-state index is 9.12. The van der Waals surface area contributed by atoms with Crippen molar-refractivity contribution >= 4 is 0 Å². The molecule has 1 saturated carbocycles. The van der Waals surface area contributed by atoms with Crippen LogP contribution in [0.4, 0.5) is 0 Å². The van der Waals surface area contributed by atoms with Crippen LogP contribution in [0.15, 0.2) is 0 Å². The van der Waals surface area contributed by atoms with Gasteiger partial charge in [-0.25, -0.2) is 0 Å². The predicted molar refractivity (Wildman–Crippen MR) is 57.3 cm³/mol. The molecule has 0 bridgehead atoms. The third-order valence-corrected chi connectivity index (χ3v) is 3.12. The van der Waals surface area contributed by atoms with E-state index in [-0.39, 0.29) is 12.1 Å². The summed E-state index contributed by atoms with van der Waals surface area (Å²) in [6.07, 6.45) is 4.88. The molecule has 1 aliphatic rings. The van der Waals surface area contributed by atoms with Crippen LogP contribution in [0.25, 0.3) is 0 Å². The molecule has 2 N–H and O–H groups in total. The fraction of sp³-hybridized carbons (Fsp3) is 1.00. The molecule has 0 aromatic rings. The van der Waals surface area contributed by atoms with Gasteiger partial charge in [0.2, 0.25) is 0 Å². The Bertz CT molecular complexity index is 153. The van der Waals surface area contributed by atoms with Crippen LogP contribution in [0.1, 0.15) is 32.6 Å². The van der Waals surface area contributed by atoms with Gasteiger partial charge < -0.3 is 15.2 Å². The van der Waals surface area contributed by atoms with Crippen molar-refractivity contribution in [2.45, 2.75) is 38.1 Å². The number of hydrogen-bond donors (Lipinski definition) is 2. The van der Waals surface area contributed by atoms with Crippen LogP contribution in [0.2, 0.25) is 0 Å². The Hall–Kier alpha value is -0.120. The first kappa shape index (κ1) is 12.0. The van der Waals surface area contributed by atoms with Crippen molar-refractivity contribution in [3.63, 3.8) is 0 Å². The van der Waals surface area contributed by atoms with Crippen molar-refractivity contribution in [2.24, 2.45) is 5.92 Å². The zero-order valence-electron chi connectivity index (χ0n) is 9.38. The summed E-state index contributed by atoms with van der Waals surface area (Å²) < 4.78 is 5.53. The lowest BCUT2D eigenvalue weighted by atomic mass is 10.0. The predicted octanol–water partition coefficient (Wildman–Crippen LogP) is 1.16. The van der Waals surface area contributed by atoms with Gasteiger partial charge in [-0.05, 0) is 32.7 Å². The fourth-order valence-electron chi connectivity index (χ4n) is 1.34. The van der Waals surface area contributed by atoms with E-state index in [2.05, 4.69) is 5.32 Å². The Labute approximate surface area is 86.8 Å². The van der Waals surface area contributed by atoms with E-state index in [0.29, 0.717) is 0 Å². The molecule has 3 heteroatoms. The van der Waals surface area contributed by atoms with Crippen LogP contribution < -0.4 is 5.32 Å². The first-order valence-corrected chi connectivity index (χ1v) is 5.58. The minimum atomic E-state index is -0.181. The molecule has 0 aromatic heterocycles. The second kappa shape index (κ2) is 5.69. The van der Waals surface area contributed by atoms with E-state index in [1.54, 1.807) is 0 Å². The molecule has 84 valence electrons. The lowest BCUT2D eigenvalue weighted by Gasteiger charge is -2.26. The van der Waals surface area contributed by atoms with E-state index < -0.39 is 0 Å². The summed E-state index contributed by atoms with van der Waals surface area (Å²) in [6, 6.07) is 0. The number of aliphatic hydroxyl groups excluding tert-OH is 1. The highest BCUT2D eigenvalue weighted by Crippen LogP contribution is 2.32. The highest BCUT2D eigenvalue weighted by Gasteiger charge is 2.22. The molecule has 0 saturated heterocycles. The first-order chi connectivity index (χ1) is 6.70. The second-order valence-electron chi connectivity index (χ2n) is 4.56. The average Bonchev–Trinajstić information content (AvgIpc) is 3.01. The van der Waals surface area contributed by atoms with Crippen LogP contribution in [0.3, 0.4) is 0 Å². The molecular formula is C11H23NO2. The minimum absolute atomic E-state index is 0.162. The van der Waals surface area contributed by atoms with E-state index in [1.165, 1.54) is 19.3 Å². The van der Waals surface area contributed by atoms with Crippen molar-refractivity contribution in [1.29, 1.82) is 0 Å². The first-order valence-electron chi connectivity index (χ1n) is 5.58. The Balaban J connectivity index is 1.95. The van der Waals surface area contributed by atoms with Gasteiger partial charge in [-0.2, -0.15) is 0 Å². The number of ether oxygens (including phenoxy) is 1. The summed E-state index contributed by atoms with van der Waals surface area (Å²) >= 11 is 0. The highest BCUT2D eigenvalue weighted by atomic mass is 16.5. The maximum Gasteiger partial charge on any atom is 0.0611 e. The molecule has 0 heterocycles. The molecule has 0 radical (unpaired) electrons. The van der Waals surface area contributed by atoms with Crippen molar-refractivity contribution in [3.05, 3.63) is 0 Å². The summed E-state index contributed by atoms with van der Waals surface area (Å²) in [6.45, 7) is 3.80. The van der Waals surface area contributed by atoms with Gasteiger partial charge in [0.1, 0.15) is 0 Å². The van der Waals surface area contributed by atoms with Crippen LogP contribution in [0, 0.1) is 5.92 Å². The third-order valence-electron chi connectivity index (χ3n) is 3.12. The standard InChI is InChI=1S/C11H23NO2/c1-11(9-13,12-2)6-8-14-7-5-10-3-4-10/h10,12-13H,3-9H2,1-2H3. The summed E-state index contributed by atoms with van der Waals surface area (Å²) in [5.74, 6) is 0.948. The summed E-state index contributed by atoms with van der Waals surface area (Å²) in [5.41, 5.74) is -0.181. The molecule has 1 rings (SSSR count). The number of hydrogen-bond acceptors (Lipinski definition) is 3. The van der Waals surface area contributed by atoms with Crippen LogP contribution in [-0.4, -0.2) is 37.5 Å². The molecule has 1 fully saturated rings. The summed E-state index contributed by atoms with van der Waals surface area (Å²) in [4.78, 5) is 0. The highest BCUT2D eigenvalue weighted by molar-refractivity contribution is 4.80. The molecule has 3 nitrogen and oxygen atoms in total. The quantitative estimate of drug-likeness (QED) is 0.579. The van der Waals surface area contributed by atoms with Gasteiger partial charge in [-0.1, -0.05) is 12.8 Å². The number of rotatable bonds is 8. The molecule has 1 aliphatic carbocycles. The molecule has 14 heavy (non-hydrogen) atoms. The average molecular weight is 201 g/mol. The van der Waals surface area contributed by atoms with Crippen molar-refractivity contribution < 1.29 is 9.84 Å². The zero-order valence-corrected chi connectivity index (χ0v) is 9.38. The SMILES string of the molecule is CNC(C)(CO)CCOCCC1CC1. The van der Waals surface area contributed by atoms with Gasteiger partial charge in [0.15, 0.2) is 0 Å². The van der Waals surface area contributed by atoms with Crippen molar-refractivity contribution in [2.75, 3.05) is 26.9 Å². The summed E-state index contributed by atoms with van der Waals surface area (Å²) in [5, 5.41) is 12.2. The van der Waals surface area contributed by atoms with Gasteiger partial charge in [-0.15, -0.1) is 0 Å². The van der Waals surface area contributed by atoms with Crippen molar-refractivity contribution in [1.82, 2.24) is 5.32 Å². The Morgan fingerprint density at radius 3 is 2.64 bits per heavy atom. The lowest BCUT2D eigenvalue weighted by molar-refractivity contribution is 0.0866. The lowest BCUT2D eigenvalue weighted by Crippen LogP contribution is -2.44. The van der Waals surface area contributed by atoms with E-state index in [9.17, 15) is 0 Å². The smallest absolute Gasteiger partial charge is 0.0611 e. The second-order valence-corrected chi connectivity index (χ2v) is 4.56. The number of likely N-dealkylation sites (N-methyl/N-ethyl adjacent to an activating group) is 1. The maximum absolute atomic E-state index is 9.12. The molecule has 1 unspecified atom stereocenters. The third kappa shape index (κ3) is 4.40. The molecular weight excluding hydrogens is 178 g/mol. The zero-order chi connectivity index (χ0) is 10.4. The monoisotopic (exact) mass is 201 g/mol. The molecule has 0 amide bonds. The van der Waals surface area contributed by atoms with E-state index in [4.69, 9.17) is 9.84 Å². The molecule has 0 spiro atoms.